The lowest BCUT2D eigenvalue weighted by molar-refractivity contribution is 0.315. The van der Waals surface area contributed by atoms with Gasteiger partial charge in [-0.15, -0.1) is 11.6 Å². The highest BCUT2D eigenvalue weighted by Gasteiger charge is 2.24. The molecule has 1 atom stereocenters. The fourth-order valence-electron chi connectivity index (χ4n) is 2.09. The van der Waals surface area contributed by atoms with Gasteiger partial charge in [0.05, 0.1) is 0 Å². The molecule has 1 aliphatic heterocycles. The molecule has 0 aromatic carbocycles. The summed E-state index contributed by atoms with van der Waals surface area (Å²) in [6.45, 7) is 2.15. The van der Waals surface area contributed by atoms with Crippen molar-refractivity contribution >= 4 is 17.4 Å². The summed E-state index contributed by atoms with van der Waals surface area (Å²) in [7, 11) is 4.27. The molecule has 4 heteroatoms. The fraction of sp³-hybridized carbons (Fsp3) is 0.583. The molecule has 88 valence electrons. The van der Waals surface area contributed by atoms with E-state index in [4.69, 9.17) is 11.6 Å². The van der Waals surface area contributed by atoms with Gasteiger partial charge in [-0.1, -0.05) is 0 Å². The Balaban J connectivity index is 2.08. The van der Waals surface area contributed by atoms with Gasteiger partial charge < -0.3 is 9.80 Å². The predicted molar refractivity (Wildman–Crippen MR) is 68.1 cm³/mol. The van der Waals surface area contributed by atoms with E-state index in [0.717, 1.165) is 24.5 Å². The van der Waals surface area contributed by atoms with Crippen molar-refractivity contribution in [3.05, 3.63) is 23.9 Å². The van der Waals surface area contributed by atoms with Crippen LogP contribution in [0.25, 0.3) is 0 Å². The number of aromatic nitrogens is 1. The van der Waals surface area contributed by atoms with Crippen LogP contribution < -0.4 is 4.90 Å². The molecule has 1 aromatic rings. The highest BCUT2D eigenvalue weighted by Crippen LogP contribution is 2.21. The zero-order valence-electron chi connectivity index (χ0n) is 9.86. The number of hydrogen-bond acceptors (Lipinski definition) is 3. The van der Waals surface area contributed by atoms with Gasteiger partial charge >= 0.3 is 0 Å². The van der Waals surface area contributed by atoms with Crippen molar-refractivity contribution in [2.45, 2.75) is 18.3 Å². The monoisotopic (exact) mass is 239 g/mol. The molecule has 0 bridgehead atoms. The predicted octanol–water partition coefficient (Wildman–Crippen LogP) is 1.96. The van der Waals surface area contributed by atoms with Crippen molar-refractivity contribution in [2.75, 3.05) is 32.1 Å². The van der Waals surface area contributed by atoms with E-state index < -0.39 is 0 Å². The van der Waals surface area contributed by atoms with Gasteiger partial charge in [-0.05, 0) is 38.2 Å². The first kappa shape index (κ1) is 11.7. The molecule has 0 amide bonds. The fourth-order valence-corrected chi connectivity index (χ4v) is 2.25. The van der Waals surface area contributed by atoms with Crippen LogP contribution in [0, 0.1) is 0 Å². The van der Waals surface area contributed by atoms with Gasteiger partial charge in [0.15, 0.2) is 0 Å². The van der Waals surface area contributed by atoms with Crippen molar-refractivity contribution in [1.29, 1.82) is 0 Å². The van der Waals surface area contributed by atoms with E-state index in [0.29, 0.717) is 11.9 Å². The summed E-state index contributed by atoms with van der Waals surface area (Å²) in [5, 5.41) is 0. The molecule has 1 fully saturated rings. The molecule has 1 unspecified atom stereocenters. The lowest BCUT2D eigenvalue weighted by Gasteiger charge is -2.21. The number of rotatable bonds is 3. The van der Waals surface area contributed by atoms with Crippen LogP contribution in [0.5, 0.6) is 0 Å². The Labute approximate surface area is 102 Å². The van der Waals surface area contributed by atoms with Crippen molar-refractivity contribution in [3.8, 4) is 0 Å². The second-order valence-corrected chi connectivity index (χ2v) is 4.78. The van der Waals surface area contributed by atoms with Gasteiger partial charge in [-0.2, -0.15) is 0 Å². The van der Waals surface area contributed by atoms with Gasteiger partial charge in [0.25, 0.3) is 0 Å². The number of pyridine rings is 1. The van der Waals surface area contributed by atoms with Crippen LogP contribution in [0.4, 0.5) is 5.82 Å². The summed E-state index contributed by atoms with van der Waals surface area (Å²) < 4.78 is 0. The second kappa shape index (κ2) is 5.02. The number of nitrogens with zero attached hydrogens (tertiary/aromatic N) is 3. The zero-order valence-corrected chi connectivity index (χ0v) is 10.6. The molecule has 3 nitrogen and oxygen atoms in total. The number of likely N-dealkylation sites (N-methyl/N-ethyl adjacent to an activating group) is 1. The van der Waals surface area contributed by atoms with Crippen LogP contribution in [0.1, 0.15) is 12.0 Å². The maximum atomic E-state index is 5.83. The third-order valence-corrected chi connectivity index (χ3v) is 3.49. The first-order valence-electron chi connectivity index (χ1n) is 5.63. The molecular weight excluding hydrogens is 222 g/mol. The first-order valence-corrected chi connectivity index (χ1v) is 6.16. The Morgan fingerprint density at radius 1 is 1.56 bits per heavy atom. The summed E-state index contributed by atoms with van der Waals surface area (Å²) >= 11 is 5.83. The van der Waals surface area contributed by atoms with Gasteiger partial charge in [0, 0.05) is 31.2 Å². The molecule has 16 heavy (non-hydrogen) atoms. The van der Waals surface area contributed by atoms with Crippen LogP contribution in [0.2, 0.25) is 0 Å². The van der Waals surface area contributed by atoms with Crippen LogP contribution >= 0.6 is 11.6 Å². The van der Waals surface area contributed by atoms with E-state index in [1.807, 2.05) is 12.3 Å². The summed E-state index contributed by atoms with van der Waals surface area (Å²) in [4.78, 5) is 9.03. The summed E-state index contributed by atoms with van der Waals surface area (Å²) in [5.41, 5.74) is 1.14. The molecule has 2 heterocycles. The molecule has 2 rings (SSSR count). The molecule has 0 aliphatic carbocycles. The molecular formula is C12H18ClN3. The Kier molecular flexibility index (Phi) is 3.66. The molecule has 1 aliphatic rings. The molecule has 0 N–H and O–H groups in total. The van der Waals surface area contributed by atoms with E-state index in [1.54, 1.807) is 0 Å². The average Bonchev–Trinajstić information content (AvgIpc) is 2.78. The zero-order chi connectivity index (χ0) is 11.5. The van der Waals surface area contributed by atoms with Crippen molar-refractivity contribution in [2.24, 2.45) is 0 Å². The number of hydrogen-bond donors (Lipinski definition) is 0. The van der Waals surface area contributed by atoms with Gasteiger partial charge in [0.2, 0.25) is 0 Å². The van der Waals surface area contributed by atoms with Gasteiger partial charge in [-0.3, -0.25) is 0 Å². The highest BCUT2D eigenvalue weighted by molar-refractivity contribution is 6.17. The van der Waals surface area contributed by atoms with Crippen molar-refractivity contribution in [1.82, 2.24) is 9.88 Å². The standard InChI is InChI=1S/C12H18ClN3/c1-15(2)11-4-6-16(9-11)12-7-10(8-13)3-5-14-12/h3,5,7,11H,4,6,8-9H2,1-2H3. The van der Waals surface area contributed by atoms with Crippen LogP contribution in [-0.4, -0.2) is 43.1 Å². The van der Waals surface area contributed by atoms with E-state index >= 15 is 0 Å². The number of anilines is 1. The Hall–Kier alpha value is -0.800. The lowest BCUT2D eigenvalue weighted by Crippen LogP contribution is -2.31. The SMILES string of the molecule is CN(C)C1CCN(c2cc(CCl)ccn2)C1. The minimum absolute atomic E-state index is 0.556. The maximum absolute atomic E-state index is 5.83. The second-order valence-electron chi connectivity index (χ2n) is 4.51. The minimum Gasteiger partial charge on any atom is -0.355 e. The van der Waals surface area contributed by atoms with Crippen LogP contribution in [0.3, 0.4) is 0 Å². The number of halogens is 1. The van der Waals surface area contributed by atoms with E-state index in [-0.39, 0.29) is 0 Å². The summed E-state index contributed by atoms with van der Waals surface area (Å²) in [5.74, 6) is 1.61. The molecule has 0 radical (unpaired) electrons. The summed E-state index contributed by atoms with van der Waals surface area (Å²) in [6.07, 6.45) is 3.05. The van der Waals surface area contributed by atoms with E-state index in [2.05, 4.69) is 34.9 Å². The van der Waals surface area contributed by atoms with Crippen LogP contribution in [0.15, 0.2) is 18.3 Å². The van der Waals surface area contributed by atoms with Gasteiger partial charge in [0.1, 0.15) is 5.82 Å². The quantitative estimate of drug-likeness (QED) is 0.752. The molecule has 0 saturated carbocycles. The Morgan fingerprint density at radius 3 is 3.00 bits per heavy atom. The molecule has 1 aromatic heterocycles. The Morgan fingerprint density at radius 2 is 2.38 bits per heavy atom. The van der Waals surface area contributed by atoms with Gasteiger partial charge in [-0.25, -0.2) is 4.98 Å². The molecule has 0 spiro atoms. The maximum Gasteiger partial charge on any atom is 0.128 e. The minimum atomic E-state index is 0.556. The topological polar surface area (TPSA) is 19.4 Å². The smallest absolute Gasteiger partial charge is 0.128 e. The number of alkyl halides is 1. The molecule has 1 saturated heterocycles. The third kappa shape index (κ3) is 2.47. The van der Waals surface area contributed by atoms with E-state index in [1.165, 1.54) is 6.42 Å². The van der Waals surface area contributed by atoms with Crippen LogP contribution in [-0.2, 0) is 5.88 Å². The normalized spacial score (nSPS) is 20.8. The largest absolute Gasteiger partial charge is 0.355 e. The lowest BCUT2D eigenvalue weighted by atomic mass is 10.2. The summed E-state index contributed by atoms with van der Waals surface area (Å²) in [6, 6.07) is 4.70. The average molecular weight is 240 g/mol. The third-order valence-electron chi connectivity index (χ3n) is 3.18. The highest BCUT2D eigenvalue weighted by atomic mass is 35.5. The van der Waals surface area contributed by atoms with Crippen molar-refractivity contribution in [3.63, 3.8) is 0 Å². The van der Waals surface area contributed by atoms with Crippen molar-refractivity contribution < 1.29 is 0 Å². The first-order chi connectivity index (χ1) is 7.70. The van der Waals surface area contributed by atoms with E-state index in [9.17, 15) is 0 Å². The Bertz CT molecular complexity index is 354.